The quantitative estimate of drug-likeness (QED) is 0.790. The molecule has 0 radical (unpaired) electrons. The van der Waals surface area contributed by atoms with E-state index in [4.69, 9.17) is 17.4 Å². The Morgan fingerprint density at radius 1 is 1.59 bits per heavy atom. The Morgan fingerprint density at radius 3 is 2.65 bits per heavy atom. The summed E-state index contributed by atoms with van der Waals surface area (Å²) in [5.41, 5.74) is 6.44. The zero-order valence-corrected chi connectivity index (χ0v) is 9.57. The molecule has 0 saturated heterocycles. The van der Waals surface area contributed by atoms with Gasteiger partial charge >= 0.3 is 5.97 Å². The van der Waals surface area contributed by atoms with Crippen molar-refractivity contribution in [3.8, 4) is 0 Å². The Labute approximate surface area is 98.7 Å². The average molecular weight is 236 g/mol. The van der Waals surface area contributed by atoms with E-state index in [0.717, 1.165) is 0 Å². The molecular formula is C12H13FN2O2. The third kappa shape index (κ3) is 2.43. The summed E-state index contributed by atoms with van der Waals surface area (Å²) in [6, 6.07) is 1.35. The van der Waals surface area contributed by atoms with Crippen LogP contribution in [-0.2, 0) is 4.79 Å². The van der Waals surface area contributed by atoms with Gasteiger partial charge in [0, 0.05) is 5.92 Å². The summed E-state index contributed by atoms with van der Waals surface area (Å²) in [6.45, 7) is 10.1. The summed E-state index contributed by atoms with van der Waals surface area (Å²) in [4.78, 5) is 14.0. The molecule has 1 aromatic rings. The van der Waals surface area contributed by atoms with E-state index in [1.165, 1.54) is 19.1 Å². The van der Waals surface area contributed by atoms with E-state index < -0.39 is 23.7 Å². The number of carboxylic acid groups (broad SMARTS) is 1. The molecule has 0 aliphatic rings. The molecule has 2 atom stereocenters. The highest BCUT2D eigenvalue weighted by molar-refractivity contribution is 5.75. The standard InChI is InChI=1S/C12H13FN2O2/c1-6-9(15-3)5-4-8(13)10(6)7(2)11(14)12(16)17/h4-5,7,11H,14H2,1-2H3,(H,16,17)/t7-,11+/m1/s1. The molecule has 1 rings (SSSR count). The number of rotatable bonds is 3. The van der Waals surface area contributed by atoms with Gasteiger partial charge in [-0.2, -0.15) is 0 Å². The van der Waals surface area contributed by atoms with Gasteiger partial charge in [0.25, 0.3) is 0 Å². The van der Waals surface area contributed by atoms with E-state index in [2.05, 4.69) is 4.85 Å². The number of benzene rings is 1. The van der Waals surface area contributed by atoms with Crippen molar-refractivity contribution < 1.29 is 14.3 Å². The summed E-state index contributed by atoms with van der Waals surface area (Å²) in [5.74, 6) is -2.40. The molecule has 0 unspecified atom stereocenters. The third-order valence-corrected chi connectivity index (χ3v) is 2.83. The number of nitrogens with two attached hydrogens (primary N) is 1. The molecule has 0 bridgehead atoms. The number of nitrogens with zero attached hydrogens (tertiary/aromatic N) is 1. The van der Waals surface area contributed by atoms with Crippen LogP contribution in [-0.4, -0.2) is 17.1 Å². The van der Waals surface area contributed by atoms with E-state index in [0.29, 0.717) is 11.3 Å². The second-order valence-electron chi connectivity index (χ2n) is 3.87. The lowest BCUT2D eigenvalue weighted by molar-refractivity contribution is -0.139. The number of carboxylic acids is 1. The minimum atomic E-state index is -1.19. The van der Waals surface area contributed by atoms with Crippen molar-refractivity contribution in [3.05, 3.63) is 40.5 Å². The maximum atomic E-state index is 13.7. The van der Waals surface area contributed by atoms with Gasteiger partial charge in [-0.3, -0.25) is 4.79 Å². The van der Waals surface area contributed by atoms with Gasteiger partial charge in [0.1, 0.15) is 11.9 Å². The van der Waals surface area contributed by atoms with Crippen LogP contribution in [0.4, 0.5) is 10.1 Å². The number of carbonyl (C=O) groups is 1. The van der Waals surface area contributed by atoms with E-state index in [9.17, 15) is 9.18 Å². The predicted octanol–water partition coefficient (Wildman–Crippen LogP) is 2.20. The third-order valence-electron chi connectivity index (χ3n) is 2.83. The summed E-state index contributed by atoms with van der Waals surface area (Å²) in [5, 5.41) is 8.81. The van der Waals surface area contributed by atoms with Crippen molar-refractivity contribution in [2.75, 3.05) is 0 Å². The highest BCUT2D eigenvalue weighted by Crippen LogP contribution is 2.31. The fourth-order valence-corrected chi connectivity index (χ4v) is 1.76. The lowest BCUT2D eigenvalue weighted by atomic mass is 9.89. The Balaban J connectivity index is 3.31. The molecular weight excluding hydrogens is 223 g/mol. The molecule has 0 amide bonds. The number of aliphatic carboxylic acids is 1. The van der Waals surface area contributed by atoms with Crippen LogP contribution in [0.25, 0.3) is 4.85 Å². The molecule has 3 N–H and O–H groups in total. The molecule has 0 fully saturated rings. The van der Waals surface area contributed by atoms with Crippen molar-refractivity contribution in [2.24, 2.45) is 5.73 Å². The van der Waals surface area contributed by atoms with Crippen molar-refractivity contribution in [1.29, 1.82) is 0 Å². The van der Waals surface area contributed by atoms with Gasteiger partial charge < -0.3 is 10.8 Å². The molecule has 0 aliphatic carbocycles. The van der Waals surface area contributed by atoms with Crippen molar-refractivity contribution in [2.45, 2.75) is 25.8 Å². The SMILES string of the molecule is [C-]#[N+]c1ccc(F)c([C@@H](C)[C@H](N)C(=O)O)c1C. The fraction of sp³-hybridized carbons (Fsp3) is 0.333. The number of hydrogen-bond donors (Lipinski definition) is 2. The molecule has 4 nitrogen and oxygen atoms in total. The molecule has 90 valence electrons. The first-order valence-corrected chi connectivity index (χ1v) is 5.05. The van der Waals surface area contributed by atoms with Gasteiger partial charge in [-0.05, 0) is 24.1 Å². The van der Waals surface area contributed by atoms with Crippen LogP contribution in [0.3, 0.4) is 0 Å². The van der Waals surface area contributed by atoms with Gasteiger partial charge in [-0.25, -0.2) is 9.24 Å². The van der Waals surface area contributed by atoms with Crippen molar-refractivity contribution in [1.82, 2.24) is 0 Å². The lowest BCUT2D eigenvalue weighted by Gasteiger charge is -2.20. The Morgan fingerprint density at radius 2 is 2.18 bits per heavy atom. The van der Waals surface area contributed by atoms with Crippen LogP contribution in [0.2, 0.25) is 0 Å². The monoisotopic (exact) mass is 236 g/mol. The van der Waals surface area contributed by atoms with Crippen molar-refractivity contribution in [3.63, 3.8) is 0 Å². The van der Waals surface area contributed by atoms with E-state index in [1.54, 1.807) is 6.92 Å². The van der Waals surface area contributed by atoms with E-state index in [1.807, 2.05) is 0 Å². The zero-order chi connectivity index (χ0) is 13.2. The van der Waals surface area contributed by atoms with Gasteiger partial charge in [0.15, 0.2) is 5.69 Å². The average Bonchev–Trinajstić information content (AvgIpc) is 2.28. The molecule has 0 saturated carbocycles. The molecule has 0 aliphatic heterocycles. The molecule has 5 heteroatoms. The van der Waals surface area contributed by atoms with E-state index >= 15 is 0 Å². The predicted molar refractivity (Wildman–Crippen MR) is 61.4 cm³/mol. The Kier molecular flexibility index (Phi) is 3.81. The summed E-state index contributed by atoms with van der Waals surface area (Å²) in [7, 11) is 0. The van der Waals surface area contributed by atoms with Crippen LogP contribution in [0.5, 0.6) is 0 Å². The summed E-state index contributed by atoms with van der Waals surface area (Å²) >= 11 is 0. The Bertz CT molecular complexity index is 494. The first kappa shape index (κ1) is 13.1. The molecule has 0 spiro atoms. The first-order chi connectivity index (χ1) is 7.90. The Hall–Kier alpha value is -1.93. The largest absolute Gasteiger partial charge is 0.480 e. The first-order valence-electron chi connectivity index (χ1n) is 5.05. The van der Waals surface area contributed by atoms with Crippen LogP contribution < -0.4 is 5.73 Å². The van der Waals surface area contributed by atoms with Crippen molar-refractivity contribution >= 4 is 11.7 Å². The molecule has 17 heavy (non-hydrogen) atoms. The zero-order valence-electron chi connectivity index (χ0n) is 9.57. The topological polar surface area (TPSA) is 67.7 Å². The van der Waals surface area contributed by atoms with Crippen LogP contribution in [0.1, 0.15) is 24.0 Å². The lowest BCUT2D eigenvalue weighted by Crippen LogP contribution is -2.35. The van der Waals surface area contributed by atoms with Crippen LogP contribution in [0, 0.1) is 19.3 Å². The normalized spacial score (nSPS) is 13.8. The maximum Gasteiger partial charge on any atom is 0.321 e. The number of hydrogen-bond acceptors (Lipinski definition) is 2. The minimum Gasteiger partial charge on any atom is -0.480 e. The molecule has 0 heterocycles. The van der Waals surface area contributed by atoms with Crippen LogP contribution in [0.15, 0.2) is 12.1 Å². The number of halogens is 1. The van der Waals surface area contributed by atoms with Crippen LogP contribution >= 0.6 is 0 Å². The van der Waals surface area contributed by atoms with Gasteiger partial charge in [0.2, 0.25) is 0 Å². The summed E-state index contributed by atoms with van der Waals surface area (Å²) < 4.78 is 13.7. The second-order valence-corrected chi connectivity index (χ2v) is 3.87. The van der Waals surface area contributed by atoms with E-state index in [-0.39, 0.29) is 5.56 Å². The second kappa shape index (κ2) is 4.93. The smallest absolute Gasteiger partial charge is 0.321 e. The molecule has 0 aromatic heterocycles. The maximum absolute atomic E-state index is 13.7. The van der Waals surface area contributed by atoms with Gasteiger partial charge in [-0.1, -0.05) is 13.0 Å². The van der Waals surface area contributed by atoms with Gasteiger partial charge in [-0.15, -0.1) is 0 Å². The fourth-order valence-electron chi connectivity index (χ4n) is 1.76. The minimum absolute atomic E-state index is 0.202. The summed E-state index contributed by atoms with van der Waals surface area (Å²) in [6.07, 6.45) is 0. The highest BCUT2D eigenvalue weighted by atomic mass is 19.1. The highest BCUT2D eigenvalue weighted by Gasteiger charge is 2.26. The van der Waals surface area contributed by atoms with Gasteiger partial charge in [0.05, 0.1) is 6.57 Å². The molecule has 1 aromatic carbocycles.